The van der Waals surface area contributed by atoms with Crippen LogP contribution >= 0.6 is 11.6 Å². The summed E-state index contributed by atoms with van der Waals surface area (Å²) in [5, 5.41) is 14.7. The Balaban J connectivity index is 2.20. The SMILES string of the molecule is Cc1ccc(NCc2cc(Cl)ccc2[N+](=O)[O-])cc1C. The molecule has 0 radical (unpaired) electrons. The molecule has 0 atom stereocenters. The molecule has 4 nitrogen and oxygen atoms in total. The summed E-state index contributed by atoms with van der Waals surface area (Å²) in [6, 6.07) is 10.6. The summed E-state index contributed by atoms with van der Waals surface area (Å²) in [4.78, 5) is 10.6. The second-order valence-electron chi connectivity index (χ2n) is 4.68. The highest BCUT2D eigenvalue weighted by molar-refractivity contribution is 6.30. The van der Waals surface area contributed by atoms with Gasteiger partial charge in [-0.05, 0) is 49.2 Å². The third-order valence-electron chi connectivity index (χ3n) is 3.23. The molecule has 0 saturated heterocycles. The van der Waals surface area contributed by atoms with Crippen molar-refractivity contribution in [1.29, 1.82) is 0 Å². The third kappa shape index (κ3) is 3.27. The van der Waals surface area contributed by atoms with E-state index in [1.54, 1.807) is 6.07 Å². The first-order valence-corrected chi connectivity index (χ1v) is 6.59. The fraction of sp³-hybridized carbons (Fsp3) is 0.200. The molecule has 0 aliphatic carbocycles. The summed E-state index contributed by atoms with van der Waals surface area (Å²) >= 11 is 5.90. The molecule has 0 aliphatic heterocycles. The van der Waals surface area contributed by atoms with Crippen molar-refractivity contribution in [2.75, 3.05) is 5.32 Å². The number of nitro groups is 1. The van der Waals surface area contributed by atoms with Gasteiger partial charge in [0.2, 0.25) is 0 Å². The fourth-order valence-corrected chi connectivity index (χ4v) is 2.12. The van der Waals surface area contributed by atoms with E-state index in [2.05, 4.69) is 5.32 Å². The lowest BCUT2D eigenvalue weighted by atomic mass is 10.1. The average Bonchev–Trinajstić information content (AvgIpc) is 2.40. The van der Waals surface area contributed by atoms with Crippen molar-refractivity contribution in [3.05, 3.63) is 68.2 Å². The number of nitro benzene ring substituents is 1. The van der Waals surface area contributed by atoms with Crippen molar-refractivity contribution in [1.82, 2.24) is 0 Å². The zero-order chi connectivity index (χ0) is 14.7. The summed E-state index contributed by atoms with van der Waals surface area (Å²) in [6.45, 7) is 4.43. The third-order valence-corrected chi connectivity index (χ3v) is 3.46. The van der Waals surface area contributed by atoms with Gasteiger partial charge in [0, 0.05) is 23.3 Å². The van der Waals surface area contributed by atoms with Crippen LogP contribution in [0.4, 0.5) is 11.4 Å². The summed E-state index contributed by atoms with van der Waals surface area (Å²) in [6.07, 6.45) is 0. The maximum absolute atomic E-state index is 11.0. The van der Waals surface area contributed by atoms with Crippen LogP contribution in [0.25, 0.3) is 0 Å². The lowest BCUT2D eigenvalue weighted by molar-refractivity contribution is -0.385. The molecular weight excluding hydrogens is 276 g/mol. The van der Waals surface area contributed by atoms with E-state index in [-0.39, 0.29) is 5.69 Å². The molecule has 5 heteroatoms. The van der Waals surface area contributed by atoms with Gasteiger partial charge in [-0.15, -0.1) is 0 Å². The zero-order valence-corrected chi connectivity index (χ0v) is 12.1. The van der Waals surface area contributed by atoms with E-state index < -0.39 is 4.92 Å². The molecule has 0 aromatic heterocycles. The lowest BCUT2D eigenvalue weighted by Gasteiger charge is -2.09. The van der Waals surface area contributed by atoms with Gasteiger partial charge in [0.05, 0.1) is 10.5 Å². The first kappa shape index (κ1) is 14.3. The van der Waals surface area contributed by atoms with E-state index in [0.717, 1.165) is 5.69 Å². The van der Waals surface area contributed by atoms with E-state index in [0.29, 0.717) is 17.1 Å². The Labute approximate surface area is 122 Å². The Morgan fingerprint density at radius 2 is 1.90 bits per heavy atom. The van der Waals surface area contributed by atoms with Gasteiger partial charge in [-0.2, -0.15) is 0 Å². The highest BCUT2D eigenvalue weighted by Crippen LogP contribution is 2.24. The van der Waals surface area contributed by atoms with Crippen LogP contribution in [0.1, 0.15) is 16.7 Å². The first-order valence-electron chi connectivity index (χ1n) is 6.21. The van der Waals surface area contributed by atoms with E-state index in [9.17, 15) is 10.1 Å². The van der Waals surface area contributed by atoms with Crippen LogP contribution in [0.3, 0.4) is 0 Å². The first-order chi connectivity index (χ1) is 9.47. The van der Waals surface area contributed by atoms with E-state index in [1.165, 1.54) is 23.3 Å². The van der Waals surface area contributed by atoms with E-state index in [4.69, 9.17) is 11.6 Å². The molecular formula is C15H15ClN2O2. The number of hydrogen-bond acceptors (Lipinski definition) is 3. The highest BCUT2D eigenvalue weighted by atomic mass is 35.5. The van der Waals surface area contributed by atoms with Crippen LogP contribution in [0.15, 0.2) is 36.4 Å². The molecule has 1 N–H and O–H groups in total. The number of nitrogens with one attached hydrogen (secondary N) is 1. The van der Waals surface area contributed by atoms with E-state index in [1.807, 2.05) is 32.0 Å². The molecule has 0 saturated carbocycles. The molecule has 0 fully saturated rings. The van der Waals surface area contributed by atoms with Gasteiger partial charge in [-0.3, -0.25) is 10.1 Å². The maximum atomic E-state index is 11.0. The smallest absolute Gasteiger partial charge is 0.274 e. The molecule has 0 heterocycles. The van der Waals surface area contributed by atoms with Crippen LogP contribution in [-0.4, -0.2) is 4.92 Å². The number of halogens is 1. The number of aryl methyl sites for hydroxylation is 2. The molecule has 0 spiro atoms. The molecule has 0 amide bonds. The normalized spacial score (nSPS) is 10.3. The monoisotopic (exact) mass is 290 g/mol. The maximum Gasteiger partial charge on any atom is 0.274 e. The van der Waals surface area contributed by atoms with Crippen LogP contribution in [0.5, 0.6) is 0 Å². The predicted octanol–water partition coefficient (Wildman–Crippen LogP) is 4.48. The number of nitrogens with zero attached hydrogens (tertiary/aromatic N) is 1. The molecule has 0 bridgehead atoms. The van der Waals surface area contributed by atoms with Gasteiger partial charge in [0.15, 0.2) is 0 Å². The van der Waals surface area contributed by atoms with Crippen molar-refractivity contribution >= 4 is 23.0 Å². The van der Waals surface area contributed by atoms with Crippen LogP contribution in [-0.2, 0) is 6.54 Å². The Kier molecular flexibility index (Phi) is 4.25. The van der Waals surface area contributed by atoms with Crippen LogP contribution in [0, 0.1) is 24.0 Å². The molecule has 20 heavy (non-hydrogen) atoms. The van der Waals surface area contributed by atoms with Gasteiger partial charge in [0.1, 0.15) is 0 Å². The molecule has 0 unspecified atom stereocenters. The minimum absolute atomic E-state index is 0.0748. The molecule has 2 aromatic rings. The van der Waals surface area contributed by atoms with Gasteiger partial charge in [0.25, 0.3) is 5.69 Å². The van der Waals surface area contributed by atoms with Gasteiger partial charge < -0.3 is 5.32 Å². The standard InChI is InChI=1S/C15H15ClN2O2/c1-10-3-5-14(7-11(10)2)17-9-12-8-13(16)4-6-15(12)18(19)20/h3-8,17H,9H2,1-2H3. The predicted molar refractivity (Wildman–Crippen MR) is 81.3 cm³/mol. The average molecular weight is 291 g/mol. The largest absolute Gasteiger partial charge is 0.381 e. The topological polar surface area (TPSA) is 55.2 Å². The van der Waals surface area contributed by atoms with Crippen molar-refractivity contribution in [3.8, 4) is 0 Å². The summed E-state index contributed by atoms with van der Waals surface area (Å²) in [7, 11) is 0. The van der Waals surface area contributed by atoms with Crippen LogP contribution in [0.2, 0.25) is 5.02 Å². The number of anilines is 1. The second-order valence-corrected chi connectivity index (χ2v) is 5.12. The molecule has 2 aromatic carbocycles. The fourth-order valence-electron chi connectivity index (χ4n) is 1.92. The number of rotatable bonds is 4. The Bertz CT molecular complexity index is 656. The Hall–Kier alpha value is -2.07. The van der Waals surface area contributed by atoms with Crippen molar-refractivity contribution in [2.24, 2.45) is 0 Å². The quantitative estimate of drug-likeness (QED) is 0.667. The van der Waals surface area contributed by atoms with Gasteiger partial charge in [-0.1, -0.05) is 17.7 Å². The van der Waals surface area contributed by atoms with Crippen molar-refractivity contribution in [3.63, 3.8) is 0 Å². The second kappa shape index (κ2) is 5.92. The number of benzene rings is 2. The summed E-state index contributed by atoms with van der Waals surface area (Å²) in [5.41, 5.74) is 3.97. The lowest BCUT2D eigenvalue weighted by Crippen LogP contribution is -2.03. The van der Waals surface area contributed by atoms with E-state index >= 15 is 0 Å². The minimum atomic E-state index is -0.395. The summed E-state index contributed by atoms with van der Waals surface area (Å²) in [5.74, 6) is 0. The minimum Gasteiger partial charge on any atom is -0.381 e. The zero-order valence-electron chi connectivity index (χ0n) is 11.3. The summed E-state index contributed by atoms with van der Waals surface area (Å²) < 4.78 is 0. The van der Waals surface area contributed by atoms with Gasteiger partial charge >= 0.3 is 0 Å². The molecule has 2 rings (SSSR count). The Morgan fingerprint density at radius 1 is 1.15 bits per heavy atom. The van der Waals surface area contributed by atoms with Crippen LogP contribution < -0.4 is 5.32 Å². The van der Waals surface area contributed by atoms with Crippen molar-refractivity contribution < 1.29 is 4.92 Å². The van der Waals surface area contributed by atoms with Crippen molar-refractivity contribution in [2.45, 2.75) is 20.4 Å². The van der Waals surface area contributed by atoms with Gasteiger partial charge in [-0.25, -0.2) is 0 Å². The molecule has 104 valence electrons. The molecule has 0 aliphatic rings. The number of hydrogen-bond donors (Lipinski definition) is 1. The Morgan fingerprint density at radius 3 is 2.55 bits per heavy atom. The highest BCUT2D eigenvalue weighted by Gasteiger charge is 2.13.